The van der Waals surface area contributed by atoms with Gasteiger partial charge in [-0.05, 0) is 42.9 Å². The van der Waals surface area contributed by atoms with E-state index in [-0.39, 0.29) is 23.0 Å². The zero-order valence-corrected chi connectivity index (χ0v) is 20.2. The molecular weight excluding hydrogens is 428 g/mol. The lowest BCUT2D eigenvalue weighted by atomic mass is 9.75. The monoisotopic (exact) mass is 460 g/mol. The third-order valence-electron chi connectivity index (χ3n) is 6.50. The molecule has 2 heterocycles. The molecule has 4 rings (SSSR count). The zero-order valence-electron chi connectivity index (χ0n) is 20.2. The zero-order chi connectivity index (χ0) is 24.5. The number of rotatable bonds is 7. The number of hydrogen-bond acceptors (Lipinski definition) is 4. The Hall–Kier alpha value is -3.48. The van der Waals surface area contributed by atoms with E-state index in [1.54, 1.807) is 19.2 Å². The average molecular weight is 461 g/mol. The number of ketones is 1. The van der Waals surface area contributed by atoms with Gasteiger partial charge < -0.3 is 15.6 Å². The number of hydrogen-bond donors (Lipinski definition) is 3. The van der Waals surface area contributed by atoms with E-state index < -0.39 is 6.04 Å². The van der Waals surface area contributed by atoms with Crippen LogP contribution in [0.1, 0.15) is 78.6 Å². The van der Waals surface area contributed by atoms with Crippen molar-refractivity contribution in [1.82, 2.24) is 15.3 Å². The molecule has 3 aromatic rings. The van der Waals surface area contributed by atoms with Crippen molar-refractivity contribution in [3.8, 4) is 0 Å². The maximum Gasteiger partial charge on any atom is 0.268 e. The third-order valence-corrected chi connectivity index (χ3v) is 6.50. The standard InChI is InChI=1S/C27H32N4O3/c1-5-6-10-20(25(33)30-19-12-13-28-18-11-8-7-9-17(18)19)31-26(34)24-16(2)23-21(29-24)14-27(3,4)15-22(23)32/h7-9,11-13,20,29H,5-6,10,14-15H2,1-4H3,(H,31,34)(H,28,30,33). The predicted octanol–water partition coefficient (Wildman–Crippen LogP) is 4.95. The van der Waals surface area contributed by atoms with E-state index in [0.717, 1.165) is 29.4 Å². The molecule has 3 N–H and O–H groups in total. The summed E-state index contributed by atoms with van der Waals surface area (Å²) in [5, 5.41) is 6.73. The summed E-state index contributed by atoms with van der Waals surface area (Å²) in [6.07, 6.45) is 5.03. The molecule has 7 nitrogen and oxygen atoms in total. The van der Waals surface area contributed by atoms with Crippen LogP contribution < -0.4 is 10.6 Å². The number of carbonyl (C=O) groups is 3. The summed E-state index contributed by atoms with van der Waals surface area (Å²) < 4.78 is 0. The molecule has 0 fully saturated rings. The quantitative estimate of drug-likeness (QED) is 0.464. The van der Waals surface area contributed by atoms with Crippen molar-refractivity contribution in [2.45, 2.75) is 65.8 Å². The maximum atomic E-state index is 13.3. The van der Waals surface area contributed by atoms with Crippen LogP contribution in [0.25, 0.3) is 10.9 Å². The largest absolute Gasteiger partial charge is 0.354 e. The number of nitrogens with zero attached hydrogens (tertiary/aromatic N) is 1. The molecule has 1 aromatic carbocycles. The first-order valence-electron chi connectivity index (χ1n) is 11.9. The lowest BCUT2D eigenvalue weighted by Gasteiger charge is -2.28. The smallest absolute Gasteiger partial charge is 0.268 e. The van der Waals surface area contributed by atoms with Gasteiger partial charge >= 0.3 is 0 Å². The van der Waals surface area contributed by atoms with Crippen LogP contribution in [0.5, 0.6) is 0 Å². The Morgan fingerprint density at radius 2 is 1.94 bits per heavy atom. The molecule has 0 saturated carbocycles. The number of benzene rings is 1. The normalized spacial score (nSPS) is 15.6. The molecule has 7 heteroatoms. The number of H-pyrrole nitrogens is 1. The van der Waals surface area contributed by atoms with Gasteiger partial charge in [0.2, 0.25) is 5.91 Å². The first kappa shape index (κ1) is 23.7. The summed E-state index contributed by atoms with van der Waals surface area (Å²) in [7, 11) is 0. The SMILES string of the molecule is CCCCC(NC(=O)c1[nH]c2c(c1C)C(=O)CC(C)(C)C2)C(=O)Nc1ccnc2ccccc12. The highest BCUT2D eigenvalue weighted by molar-refractivity contribution is 6.07. The molecular formula is C27H32N4O3. The number of Topliss-reactive ketones (excluding diaryl/α,β-unsaturated/α-hetero) is 1. The second kappa shape index (κ2) is 9.41. The van der Waals surface area contributed by atoms with E-state index in [0.29, 0.717) is 41.8 Å². The van der Waals surface area contributed by atoms with Crippen LogP contribution in [-0.4, -0.2) is 33.6 Å². The lowest BCUT2D eigenvalue weighted by Crippen LogP contribution is -2.44. The van der Waals surface area contributed by atoms with E-state index in [1.807, 2.05) is 31.2 Å². The van der Waals surface area contributed by atoms with Gasteiger partial charge in [-0.3, -0.25) is 19.4 Å². The van der Waals surface area contributed by atoms with Crippen LogP contribution >= 0.6 is 0 Å². The van der Waals surface area contributed by atoms with Gasteiger partial charge in [-0.15, -0.1) is 0 Å². The summed E-state index contributed by atoms with van der Waals surface area (Å²) >= 11 is 0. The van der Waals surface area contributed by atoms with Gasteiger partial charge in [0.1, 0.15) is 11.7 Å². The first-order chi connectivity index (χ1) is 16.2. The van der Waals surface area contributed by atoms with E-state index in [2.05, 4.69) is 34.4 Å². The van der Waals surface area contributed by atoms with Crippen molar-refractivity contribution in [2.75, 3.05) is 5.32 Å². The Balaban J connectivity index is 1.56. The number of unbranched alkanes of at least 4 members (excludes halogenated alkanes) is 1. The molecule has 1 atom stereocenters. The van der Waals surface area contributed by atoms with Crippen molar-refractivity contribution in [3.63, 3.8) is 0 Å². The van der Waals surface area contributed by atoms with Gasteiger partial charge in [0.25, 0.3) is 5.91 Å². The molecule has 1 aliphatic rings. The maximum absolute atomic E-state index is 13.3. The molecule has 0 radical (unpaired) electrons. The van der Waals surface area contributed by atoms with Crippen molar-refractivity contribution in [2.24, 2.45) is 5.41 Å². The summed E-state index contributed by atoms with van der Waals surface area (Å²) in [4.78, 5) is 46.7. The molecule has 1 unspecified atom stereocenters. The average Bonchev–Trinajstić information content (AvgIpc) is 3.11. The van der Waals surface area contributed by atoms with Crippen LogP contribution in [0.3, 0.4) is 0 Å². The topological polar surface area (TPSA) is 104 Å². The Labute approximate surface area is 199 Å². The summed E-state index contributed by atoms with van der Waals surface area (Å²) in [5.74, 6) is -0.582. The molecule has 0 bridgehead atoms. The summed E-state index contributed by atoms with van der Waals surface area (Å²) in [6.45, 7) is 7.95. The number of carbonyl (C=O) groups excluding carboxylic acids is 3. The lowest BCUT2D eigenvalue weighted by molar-refractivity contribution is -0.118. The highest BCUT2D eigenvalue weighted by atomic mass is 16.2. The van der Waals surface area contributed by atoms with Crippen LogP contribution in [0.4, 0.5) is 5.69 Å². The molecule has 0 aliphatic heterocycles. The molecule has 0 spiro atoms. The first-order valence-corrected chi connectivity index (χ1v) is 11.9. The van der Waals surface area contributed by atoms with Crippen molar-refractivity contribution < 1.29 is 14.4 Å². The molecule has 2 aromatic heterocycles. The number of nitrogens with one attached hydrogen (secondary N) is 3. The number of aromatic amines is 1. The Kier molecular flexibility index (Phi) is 6.55. The van der Waals surface area contributed by atoms with Gasteiger partial charge in [0.15, 0.2) is 5.78 Å². The molecule has 34 heavy (non-hydrogen) atoms. The minimum Gasteiger partial charge on any atom is -0.354 e. The van der Waals surface area contributed by atoms with E-state index >= 15 is 0 Å². The number of anilines is 1. The minimum atomic E-state index is -0.703. The fourth-order valence-corrected chi connectivity index (χ4v) is 4.79. The highest BCUT2D eigenvalue weighted by Gasteiger charge is 2.35. The molecule has 178 valence electrons. The second-order valence-corrected chi connectivity index (χ2v) is 9.95. The van der Waals surface area contributed by atoms with Crippen LogP contribution in [0.15, 0.2) is 36.5 Å². The van der Waals surface area contributed by atoms with E-state index in [1.165, 1.54) is 0 Å². The van der Waals surface area contributed by atoms with Gasteiger partial charge in [-0.25, -0.2) is 0 Å². The van der Waals surface area contributed by atoms with Crippen LogP contribution in [0.2, 0.25) is 0 Å². The summed E-state index contributed by atoms with van der Waals surface area (Å²) in [5.41, 5.74) is 3.75. The highest BCUT2D eigenvalue weighted by Crippen LogP contribution is 2.36. The molecule has 0 saturated heterocycles. The van der Waals surface area contributed by atoms with Crippen molar-refractivity contribution >= 4 is 34.2 Å². The van der Waals surface area contributed by atoms with Gasteiger partial charge in [-0.2, -0.15) is 0 Å². The van der Waals surface area contributed by atoms with Crippen LogP contribution in [-0.2, 0) is 11.2 Å². The van der Waals surface area contributed by atoms with E-state index in [4.69, 9.17) is 0 Å². The number of aromatic nitrogens is 2. The van der Waals surface area contributed by atoms with Crippen molar-refractivity contribution in [1.29, 1.82) is 0 Å². The number of para-hydroxylation sites is 1. The van der Waals surface area contributed by atoms with E-state index in [9.17, 15) is 14.4 Å². The molecule has 2 amide bonds. The Morgan fingerprint density at radius 3 is 2.71 bits per heavy atom. The predicted molar refractivity (Wildman–Crippen MR) is 133 cm³/mol. The Bertz CT molecular complexity index is 1250. The fraction of sp³-hybridized carbons (Fsp3) is 0.407. The second-order valence-electron chi connectivity index (χ2n) is 9.95. The Morgan fingerprint density at radius 1 is 1.18 bits per heavy atom. The van der Waals surface area contributed by atoms with Crippen LogP contribution in [0, 0.1) is 12.3 Å². The number of pyridine rings is 1. The van der Waals surface area contributed by atoms with Crippen molar-refractivity contribution in [3.05, 3.63) is 59.0 Å². The number of fused-ring (bicyclic) bond motifs is 2. The number of amides is 2. The van der Waals surface area contributed by atoms with Gasteiger partial charge in [0, 0.05) is 29.3 Å². The minimum absolute atomic E-state index is 0.0592. The van der Waals surface area contributed by atoms with Gasteiger partial charge in [0.05, 0.1) is 11.2 Å². The summed E-state index contributed by atoms with van der Waals surface area (Å²) in [6, 6.07) is 8.65. The molecule has 1 aliphatic carbocycles. The fourth-order valence-electron chi connectivity index (χ4n) is 4.79. The van der Waals surface area contributed by atoms with Gasteiger partial charge in [-0.1, -0.05) is 51.8 Å². The third kappa shape index (κ3) is 4.74.